The van der Waals surface area contributed by atoms with Crippen LogP contribution in [0.25, 0.3) is 0 Å². The maximum Gasteiger partial charge on any atom is -0.0281 e. The molecule has 2 rings (SSSR count). The largest absolute Gasteiger partial charge is 0.0683 e. The summed E-state index contributed by atoms with van der Waals surface area (Å²) in [7, 11) is 0. The number of benzene rings is 2. The molecule has 0 fully saturated rings. The molecule has 0 saturated carbocycles. The smallest absolute Gasteiger partial charge is 0.0281 e. The molecule has 0 unspecified atom stereocenters. The zero-order valence-electron chi connectivity index (χ0n) is 20.9. The van der Waals surface area contributed by atoms with Crippen molar-refractivity contribution >= 4 is 0 Å². The molecule has 0 spiro atoms. The summed E-state index contributed by atoms with van der Waals surface area (Å²) in [5, 5.41) is 0. The maximum atomic E-state index is 2.31. The number of hydrogen-bond donors (Lipinski definition) is 0. The van der Waals surface area contributed by atoms with Crippen LogP contribution in [0.15, 0.2) is 48.5 Å². The minimum absolute atomic E-state index is 1.15. The lowest BCUT2D eigenvalue weighted by Gasteiger charge is -2.00. The average Bonchev–Trinajstić information content (AvgIpc) is 2.71. The van der Waals surface area contributed by atoms with Gasteiger partial charge < -0.3 is 0 Å². The van der Waals surface area contributed by atoms with Gasteiger partial charge in [-0.25, -0.2) is 0 Å². The van der Waals surface area contributed by atoms with Gasteiger partial charge in [-0.1, -0.05) is 141 Å². The normalized spacial score (nSPS) is 8.50. The lowest BCUT2D eigenvalue weighted by molar-refractivity contribution is 0.886. The Morgan fingerprint density at radius 3 is 1.32 bits per heavy atom. The summed E-state index contributed by atoms with van der Waals surface area (Å²) in [6, 6.07) is 17.3. The molecule has 0 saturated heterocycles. The Labute approximate surface area is 178 Å². The Balaban J connectivity index is -0.000000323. The first-order valence-corrected chi connectivity index (χ1v) is 11.6. The van der Waals surface area contributed by atoms with E-state index in [1.54, 1.807) is 0 Å². The molecule has 162 valence electrons. The second-order valence-corrected chi connectivity index (χ2v) is 6.79. The van der Waals surface area contributed by atoms with Crippen molar-refractivity contribution < 1.29 is 0 Å². The summed E-state index contributed by atoms with van der Waals surface area (Å²) in [6.07, 6.45) is 7.50. The summed E-state index contributed by atoms with van der Waals surface area (Å²) in [6.45, 7) is 21.2. The first-order valence-electron chi connectivity index (χ1n) is 11.6. The van der Waals surface area contributed by atoms with E-state index in [0.717, 1.165) is 6.42 Å². The molecule has 0 aliphatic carbocycles. The van der Waals surface area contributed by atoms with E-state index in [2.05, 4.69) is 104 Å². The number of hydrogen-bond acceptors (Lipinski definition) is 0. The Kier molecular flexibility index (Phi) is 28.3. The summed E-state index contributed by atoms with van der Waals surface area (Å²) >= 11 is 0. The topological polar surface area (TPSA) is 0 Å². The minimum Gasteiger partial charge on any atom is -0.0683 e. The molecule has 0 N–H and O–H groups in total. The number of unbranched alkanes of at least 4 members (excludes halogenated alkanes) is 1. The lowest BCUT2D eigenvalue weighted by atomic mass is 10.1. The zero-order valence-corrected chi connectivity index (χ0v) is 20.9. The highest BCUT2D eigenvalue weighted by molar-refractivity contribution is 5.23. The third-order valence-corrected chi connectivity index (χ3v) is 3.61. The Morgan fingerprint density at radius 1 is 0.571 bits per heavy atom. The number of aryl methyl sites for hydroxylation is 4. The van der Waals surface area contributed by atoms with Crippen LogP contribution in [0.4, 0.5) is 0 Å². The van der Waals surface area contributed by atoms with Gasteiger partial charge in [-0.15, -0.1) is 0 Å². The van der Waals surface area contributed by atoms with Crippen molar-refractivity contribution in [2.45, 2.75) is 108 Å². The third-order valence-electron chi connectivity index (χ3n) is 3.61. The van der Waals surface area contributed by atoms with Gasteiger partial charge in [0.15, 0.2) is 0 Å². The van der Waals surface area contributed by atoms with Crippen LogP contribution in [0.1, 0.15) is 103 Å². The van der Waals surface area contributed by atoms with Crippen molar-refractivity contribution in [2.24, 2.45) is 0 Å². The molecule has 0 aliphatic rings. The van der Waals surface area contributed by atoms with Gasteiger partial charge in [-0.3, -0.25) is 0 Å². The van der Waals surface area contributed by atoms with Gasteiger partial charge in [0.25, 0.3) is 0 Å². The van der Waals surface area contributed by atoms with Crippen molar-refractivity contribution in [1.82, 2.24) is 0 Å². The van der Waals surface area contributed by atoms with E-state index in [1.165, 1.54) is 54.4 Å². The first-order chi connectivity index (χ1) is 13.5. The maximum absolute atomic E-state index is 2.31. The molecule has 0 radical (unpaired) electrons. The minimum atomic E-state index is 1.15. The molecule has 2 aromatic carbocycles. The Morgan fingerprint density at radius 2 is 1.00 bits per heavy atom. The predicted octanol–water partition coefficient (Wildman–Crippen LogP) is 9.75. The van der Waals surface area contributed by atoms with Crippen LogP contribution >= 0.6 is 0 Å². The summed E-state index contributed by atoms with van der Waals surface area (Å²) < 4.78 is 0. The molecule has 28 heavy (non-hydrogen) atoms. The highest BCUT2D eigenvalue weighted by Crippen LogP contribution is 2.07. The van der Waals surface area contributed by atoms with Crippen LogP contribution in [0.2, 0.25) is 0 Å². The molecule has 0 aliphatic heterocycles. The Bertz CT molecular complexity index is 506. The van der Waals surface area contributed by atoms with Crippen LogP contribution < -0.4 is 0 Å². The van der Waals surface area contributed by atoms with Gasteiger partial charge in [0, 0.05) is 0 Å². The van der Waals surface area contributed by atoms with E-state index >= 15 is 0 Å². The first kappa shape index (κ1) is 31.1. The molecule has 0 atom stereocenters. The Hall–Kier alpha value is -1.56. The predicted molar refractivity (Wildman–Crippen MR) is 134 cm³/mol. The van der Waals surface area contributed by atoms with Crippen molar-refractivity contribution in [3.05, 3.63) is 70.8 Å². The van der Waals surface area contributed by atoms with Crippen molar-refractivity contribution in [3.8, 4) is 0 Å². The van der Waals surface area contributed by atoms with E-state index in [-0.39, 0.29) is 0 Å². The van der Waals surface area contributed by atoms with E-state index in [4.69, 9.17) is 0 Å². The molecule has 0 heterocycles. The van der Waals surface area contributed by atoms with Gasteiger partial charge >= 0.3 is 0 Å². The van der Waals surface area contributed by atoms with Gasteiger partial charge in [0.05, 0.1) is 0 Å². The zero-order chi connectivity index (χ0) is 22.2. The van der Waals surface area contributed by atoms with Gasteiger partial charge in [-0.05, 0) is 37.8 Å². The second-order valence-electron chi connectivity index (χ2n) is 6.79. The van der Waals surface area contributed by atoms with E-state index in [1.807, 2.05) is 13.8 Å². The quantitative estimate of drug-likeness (QED) is 0.490. The second kappa shape index (κ2) is 25.4. The molecule has 0 nitrogen and oxygen atoms in total. The van der Waals surface area contributed by atoms with Crippen molar-refractivity contribution in [1.29, 1.82) is 0 Å². The molecule has 2 aromatic rings. The molecule has 0 amide bonds. The highest BCUT2D eigenvalue weighted by Gasteiger charge is 1.91. The van der Waals surface area contributed by atoms with Gasteiger partial charge in [0.2, 0.25) is 0 Å². The molecular weight excluding hydrogens is 336 g/mol. The summed E-state index contributed by atoms with van der Waals surface area (Å²) in [4.78, 5) is 0. The molecule has 0 aromatic heterocycles. The fraction of sp³-hybridized carbons (Fsp3) is 0.571. The monoisotopic (exact) mass is 386 g/mol. The number of rotatable bonds is 4. The molecule has 0 heteroatoms. The molecule has 0 bridgehead atoms. The fourth-order valence-electron chi connectivity index (χ4n) is 2.10. The molecular formula is C28H50. The van der Waals surface area contributed by atoms with E-state index in [9.17, 15) is 0 Å². The van der Waals surface area contributed by atoms with Crippen molar-refractivity contribution in [3.63, 3.8) is 0 Å². The van der Waals surface area contributed by atoms with Crippen LogP contribution in [0.3, 0.4) is 0 Å². The van der Waals surface area contributed by atoms with Crippen LogP contribution in [0.5, 0.6) is 0 Å². The van der Waals surface area contributed by atoms with Gasteiger partial charge in [0.1, 0.15) is 0 Å². The van der Waals surface area contributed by atoms with E-state index < -0.39 is 0 Å². The van der Waals surface area contributed by atoms with Gasteiger partial charge in [-0.2, -0.15) is 0 Å². The SMILES string of the molecule is CC.CCC.CCCC.CCCc1cccc(CC)c1.Cc1cccc(C)c1. The lowest BCUT2D eigenvalue weighted by Crippen LogP contribution is -1.85. The van der Waals surface area contributed by atoms with Crippen LogP contribution in [-0.2, 0) is 12.8 Å². The van der Waals surface area contributed by atoms with E-state index in [0.29, 0.717) is 0 Å². The van der Waals surface area contributed by atoms with Crippen LogP contribution in [-0.4, -0.2) is 0 Å². The highest BCUT2D eigenvalue weighted by atomic mass is 14.0. The van der Waals surface area contributed by atoms with Crippen LogP contribution in [0, 0.1) is 13.8 Å². The fourth-order valence-corrected chi connectivity index (χ4v) is 2.10. The average molecular weight is 387 g/mol. The third kappa shape index (κ3) is 22.5. The standard InChI is InChI=1S/C11H16.C8H10.C4H10.C3H8.C2H6/c1-3-6-11-8-5-7-10(4-2)9-11;1-7-4-3-5-8(2)6-7;1-3-4-2;1-3-2;1-2/h5,7-9H,3-4,6H2,1-2H3;3-6H,1-2H3;3-4H2,1-2H3;3H2,1-2H3;1-2H3. The summed E-state index contributed by atoms with van der Waals surface area (Å²) in [5.74, 6) is 0. The summed E-state index contributed by atoms with van der Waals surface area (Å²) in [5.41, 5.74) is 5.61. The van der Waals surface area contributed by atoms with Crippen molar-refractivity contribution in [2.75, 3.05) is 0 Å².